The van der Waals surface area contributed by atoms with Crippen LogP contribution in [0.3, 0.4) is 0 Å². The third-order valence-corrected chi connectivity index (χ3v) is 5.23. The van der Waals surface area contributed by atoms with Crippen LogP contribution in [0.1, 0.15) is 86.1 Å². The summed E-state index contributed by atoms with van der Waals surface area (Å²) in [7, 11) is 0. The van der Waals surface area contributed by atoms with E-state index < -0.39 is 5.97 Å². The summed E-state index contributed by atoms with van der Waals surface area (Å²) < 4.78 is 23.9. The predicted molar refractivity (Wildman–Crippen MR) is 137 cm³/mol. The second-order valence-electron chi connectivity index (χ2n) is 10.1. The molecule has 0 saturated heterocycles. The Labute approximate surface area is 205 Å². The standard InChI is InChI=1S/C29H42O5/c1-8-9-10-11-18-31-29(32-19-17-23(4)14-12-13-22(2)3)27(30)21-24-20-25(33-28(5,6)7)15-16-26(24)34-29/h11,13,15-18,20H,8-10,12,14,19,21H2,1-7H3/b18-11?,23-17+. The number of carbonyl (C=O) groups is 1. The van der Waals surface area contributed by atoms with E-state index in [0.717, 1.165) is 37.7 Å². The maximum absolute atomic E-state index is 13.2. The smallest absolute Gasteiger partial charge is 0.436 e. The number of carbonyl (C=O) groups excluding carboxylic acids is 1. The van der Waals surface area contributed by atoms with Gasteiger partial charge in [-0.05, 0) is 91.5 Å². The summed E-state index contributed by atoms with van der Waals surface area (Å²) in [4.78, 5) is 13.2. The lowest BCUT2D eigenvalue weighted by Crippen LogP contribution is -2.52. The van der Waals surface area contributed by atoms with Crippen LogP contribution in [0.15, 0.2) is 53.8 Å². The number of ether oxygens (including phenoxy) is 4. The lowest BCUT2D eigenvalue weighted by molar-refractivity contribution is -0.296. The number of ketones is 1. The molecule has 1 aliphatic heterocycles. The second-order valence-corrected chi connectivity index (χ2v) is 10.1. The van der Waals surface area contributed by atoms with E-state index in [0.29, 0.717) is 11.5 Å². The second kappa shape index (κ2) is 12.8. The van der Waals surface area contributed by atoms with Crippen molar-refractivity contribution in [2.24, 2.45) is 0 Å². The quantitative estimate of drug-likeness (QED) is 0.137. The molecule has 1 atom stereocenters. The van der Waals surface area contributed by atoms with E-state index in [2.05, 4.69) is 33.8 Å². The largest absolute Gasteiger partial charge is 0.488 e. The normalized spacial score (nSPS) is 18.4. The van der Waals surface area contributed by atoms with E-state index in [1.807, 2.05) is 51.1 Å². The van der Waals surface area contributed by atoms with Crippen molar-refractivity contribution in [3.05, 3.63) is 59.4 Å². The summed E-state index contributed by atoms with van der Waals surface area (Å²) >= 11 is 0. The van der Waals surface area contributed by atoms with Gasteiger partial charge in [0.25, 0.3) is 5.78 Å². The number of unbranched alkanes of at least 4 members (excludes halogenated alkanes) is 2. The summed E-state index contributed by atoms with van der Waals surface area (Å²) in [5.41, 5.74) is 2.93. The van der Waals surface area contributed by atoms with Gasteiger partial charge in [0.2, 0.25) is 0 Å². The Morgan fingerprint density at radius 2 is 1.91 bits per heavy atom. The lowest BCUT2D eigenvalue weighted by atomic mass is 10.0. The van der Waals surface area contributed by atoms with Crippen molar-refractivity contribution in [1.29, 1.82) is 0 Å². The van der Waals surface area contributed by atoms with Crippen molar-refractivity contribution in [3.8, 4) is 11.5 Å². The molecule has 1 aromatic carbocycles. The molecule has 0 aromatic heterocycles. The van der Waals surface area contributed by atoms with E-state index >= 15 is 0 Å². The van der Waals surface area contributed by atoms with Gasteiger partial charge in [-0.1, -0.05) is 36.6 Å². The van der Waals surface area contributed by atoms with Crippen molar-refractivity contribution in [2.75, 3.05) is 6.61 Å². The highest BCUT2D eigenvalue weighted by Gasteiger charge is 2.48. The molecule has 5 heteroatoms. The minimum atomic E-state index is -1.79. The maximum Gasteiger partial charge on any atom is 0.436 e. The van der Waals surface area contributed by atoms with Gasteiger partial charge in [-0.2, -0.15) is 0 Å². The number of Topliss-reactive ketones (excluding diaryl/α,β-unsaturated/α-hetero) is 1. The van der Waals surface area contributed by atoms with Crippen molar-refractivity contribution >= 4 is 5.78 Å². The molecule has 0 N–H and O–H groups in total. The average molecular weight is 471 g/mol. The molecule has 0 bridgehead atoms. The molecule has 1 aromatic rings. The Kier molecular flexibility index (Phi) is 10.4. The number of hydrogen-bond acceptors (Lipinski definition) is 5. The predicted octanol–water partition coefficient (Wildman–Crippen LogP) is 7.45. The van der Waals surface area contributed by atoms with Gasteiger partial charge in [0, 0.05) is 12.0 Å². The van der Waals surface area contributed by atoms with Gasteiger partial charge in [-0.3, -0.25) is 9.53 Å². The molecule has 1 aliphatic rings. The molecule has 1 heterocycles. The van der Waals surface area contributed by atoms with Crippen LogP contribution in [0.2, 0.25) is 0 Å². The molecule has 0 spiro atoms. The first-order valence-corrected chi connectivity index (χ1v) is 12.3. The summed E-state index contributed by atoms with van der Waals surface area (Å²) in [5.74, 6) is -0.805. The first kappa shape index (κ1) is 27.7. The summed E-state index contributed by atoms with van der Waals surface area (Å²) in [6.07, 6.45) is 12.7. The van der Waals surface area contributed by atoms with Crippen LogP contribution in [0.4, 0.5) is 0 Å². The van der Waals surface area contributed by atoms with Gasteiger partial charge in [0.15, 0.2) is 0 Å². The fourth-order valence-electron chi connectivity index (χ4n) is 3.44. The highest BCUT2D eigenvalue weighted by Crippen LogP contribution is 2.36. The average Bonchev–Trinajstić information content (AvgIpc) is 2.73. The molecule has 0 aliphatic carbocycles. The van der Waals surface area contributed by atoms with Gasteiger partial charge in [-0.15, -0.1) is 0 Å². The Bertz CT molecular complexity index is 900. The van der Waals surface area contributed by atoms with Gasteiger partial charge < -0.3 is 14.2 Å². The number of hydrogen-bond donors (Lipinski definition) is 0. The van der Waals surface area contributed by atoms with Crippen LogP contribution < -0.4 is 9.47 Å². The summed E-state index contributed by atoms with van der Waals surface area (Å²) in [6.45, 7) is 14.6. The van der Waals surface area contributed by atoms with Crippen molar-refractivity contribution in [1.82, 2.24) is 0 Å². The van der Waals surface area contributed by atoms with Crippen LogP contribution >= 0.6 is 0 Å². The number of fused-ring (bicyclic) bond motifs is 1. The molecule has 0 amide bonds. The van der Waals surface area contributed by atoms with E-state index in [-0.39, 0.29) is 24.4 Å². The third kappa shape index (κ3) is 9.02. The highest BCUT2D eigenvalue weighted by atomic mass is 16.9. The summed E-state index contributed by atoms with van der Waals surface area (Å²) in [5, 5.41) is 0. The van der Waals surface area contributed by atoms with E-state index in [1.165, 1.54) is 17.4 Å². The van der Waals surface area contributed by atoms with E-state index in [9.17, 15) is 4.79 Å². The van der Waals surface area contributed by atoms with E-state index in [4.69, 9.17) is 18.9 Å². The molecular weight excluding hydrogens is 428 g/mol. The molecule has 34 heavy (non-hydrogen) atoms. The number of benzene rings is 1. The Hall–Kier alpha value is -2.53. The van der Waals surface area contributed by atoms with E-state index in [1.54, 1.807) is 0 Å². The van der Waals surface area contributed by atoms with Crippen LogP contribution in [-0.4, -0.2) is 24.0 Å². The zero-order chi connectivity index (χ0) is 25.2. The third-order valence-electron chi connectivity index (χ3n) is 5.23. The molecular formula is C29H42O5. The monoisotopic (exact) mass is 470 g/mol. The number of allylic oxidation sites excluding steroid dienone is 4. The van der Waals surface area contributed by atoms with Gasteiger partial charge in [0.05, 0.1) is 12.9 Å². The van der Waals surface area contributed by atoms with Gasteiger partial charge in [-0.25, -0.2) is 0 Å². The Morgan fingerprint density at radius 3 is 2.59 bits per heavy atom. The fourth-order valence-corrected chi connectivity index (χ4v) is 3.44. The zero-order valence-electron chi connectivity index (χ0n) is 22.0. The molecule has 1 unspecified atom stereocenters. The van der Waals surface area contributed by atoms with Gasteiger partial charge in [0.1, 0.15) is 17.1 Å². The van der Waals surface area contributed by atoms with Crippen molar-refractivity contribution in [2.45, 2.75) is 98.6 Å². The summed E-state index contributed by atoms with van der Waals surface area (Å²) in [6, 6.07) is 5.51. The number of rotatable bonds is 12. The molecule has 0 fully saturated rings. The van der Waals surface area contributed by atoms with Crippen LogP contribution in [0, 0.1) is 0 Å². The maximum atomic E-state index is 13.2. The van der Waals surface area contributed by atoms with Crippen LogP contribution in [0.25, 0.3) is 0 Å². The van der Waals surface area contributed by atoms with Crippen LogP contribution in [-0.2, 0) is 20.7 Å². The molecule has 0 radical (unpaired) electrons. The molecule has 2 rings (SSSR count). The highest BCUT2D eigenvalue weighted by molar-refractivity contribution is 5.89. The molecule has 188 valence electrons. The van der Waals surface area contributed by atoms with Gasteiger partial charge >= 0.3 is 5.97 Å². The minimum Gasteiger partial charge on any atom is -0.488 e. The molecule has 5 nitrogen and oxygen atoms in total. The first-order valence-electron chi connectivity index (χ1n) is 12.3. The first-order chi connectivity index (χ1) is 16.0. The van der Waals surface area contributed by atoms with Crippen molar-refractivity contribution < 1.29 is 23.7 Å². The fraction of sp³-hybridized carbons (Fsp3) is 0.552. The zero-order valence-corrected chi connectivity index (χ0v) is 22.0. The topological polar surface area (TPSA) is 54.0 Å². The minimum absolute atomic E-state index is 0.142. The lowest BCUT2D eigenvalue weighted by Gasteiger charge is -2.35. The molecule has 0 saturated carbocycles. The Balaban J connectivity index is 2.18. The van der Waals surface area contributed by atoms with Crippen LogP contribution in [0.5, 0.6) is 11.5 Å². The SMILES string of the molecule is CCCCC=COC1(OC/C=C(\C)CCC=C(C)C)Oc2ccc(OC(C)(C)C)cc2CC1=O. The Morgan fingerprint density at radius 1 is 1.15 bits per heavy atom. The van der Waals surface area contributed by atoms with Crippen molar-refractivity contribution in [3.63, 3.8) is 0 Å².